The lowest BCUT2D eigenvalue weighted by Gasteiger charge is -2.19. The van der Waals surface area contributed by atoms with Gasteiger partial charge in [-0.25, -0.2) is 0 Å². The highest BCUT2D eigenvalue weighted by Crippen LogP contribution is 2.37. The van der Waals surface area contributed by atoms with E-state index in [0.717, 1.165) is 11.6 Å². The molecule has 2 nitrogen and oxygen atoms in total. The lowest BCUT2D eigenvalue weighted by atomic mass is 9.96. The quantitative estimate of drug-likeness (QED) is 0.837. The van der Waals surface area contributed by atoms with E-state index in [2.05, 4.69) is 6.58 Å². The third-order valence-corrected chi connectivity index (χ3v) is 2.53. The van der Waals surface area contributed by atoms with E-state index in [1.165, 1.54) is 19.2 Å². The van der Waals surface area contributed by atoms with Crippen molar-refractivity contribution < 1.29 is 17.9 Å². The van der Waals surface area contributed by atoms with E-state index in [4.69, 9.17) is 10.5 Å². The van der Waals surface area contributed by atoms with Gasteiger partial charge in [-0.2, -0.15) is 13.2 Å². The lowest BCUT2D eigenvalue weighted by Crippen LogP contribution is -2.17. The zero-order valence-electron chi connectivity index (χ0n) is 10.3. The van der Waals surface area contributed by atoms with Crippen LogP contribution in [0.2, 0.25) is 0 Å². The second-order valence-electron chi connectivity index (χ2n) is 4.22. The molecule has 1 aromatic rings. The van der Waals surface area contributed by atoms with Crippen LogP contribution < -0.4 is 10.5 Å². The summed E-state index contributed by atoms with van der Waals surface area (Å²) >= 11 is 0. The molecule has 0 fully saturated rings. The van der Waals surface area contributed by atoms with E-state index in [1.54, 1.807) is 6.92 Å². The van der Waals surface area contributed by atoms with Crippen LogP contribution in [0.1, 0.15) is 30.5 Å². The minimum absolute atomic E-state index is 0.0614. The van der Waals surface area contributed by atoms with Crippen molar-refractivity contribution in [3.63, 3.8) is 0 Å². The first-order chi connectivity index (χ1) is 8.25. The van der Waals surface area contributed by atoms with Crippen LogP contribution in [0.25, 0.3) is 0 Å². The third-order valence-electron chi connectivity index (χ3n) is 2.53. The van der Waals surface area contributed by atoms with E-state index in [-0.39, 0.29) is 11.3 Å². The molecular weight excluding hydrogens is 243 g/mol. The first-order valence-electron chi connectivity index (χ1n) is 5.40. The summed E-state index contributed by atoms with van der Waals surface area (Å²) < 4.78 is 43.6. The van der Waals surface area contributed by atoms with E-state index >= 15 is 0 Å². The molecule has 0 unspecified atom stereocenters. The van der Waals surface area contributed by atoms with Crippen LogP contribution in [0.4, 0.5) is 13.2 Å². The van der Waals surface area contributed by atoms with Crippen molar-refractivity contribution >= 4 is 0 Å². The Morgan fingerprint density at radius 3 is 2.50 bits per heavy atom. The molecule has 0 aliphatic carbocycles. The Morgan fingerprint density at radius 2 is 2.06 bits per heavy atom. The van der Waals surface area contributed by atoms with Gasteiger partial charge in [-0.3, -0.25) is 0 Å². The summed E-state index contributed by atoms with van der Waals surface area (Å²) in [5.41, 5.74) is 5.83. The second kappa shape index (κ2) is 5.44. The fourth-order valence-corrected chi connectivity index (χ4v) is 1.72. The first-order valence-corrected chi connectivity index (χ1v) is 5.40. The Labute approximate surface area is 104 Å². The van der Waals surface area contributed by atoms with Gasteiger partial charge in [0.05, 0.1) is 12.7 Å². The van der Waals surface area contributed by atoms with Crippen LogP contribution in [0.5, 0.6) is 5.75 Å². The number of hydrogen-bond donors (Lipinski definition) is 1. The summed E-state index contributed by atoms with van der Waals surface area (Å²) in [6.07, 6.45) is -4.13. The van der Waals surface area contributed by atoms with Crippen molar-refractivity contribution in [2.75, 3.05) is 7.11 Å². The Morgan fingerprint density at radius 1 is 1.44 bits per heavy atom. The minimum atomic E-state index is -4.45. The SMILES string of the molecule is C=C(C)C[C@H](N)c1ccc(OC)cc1C(F)(F)F. The average molecular weight is 259 g/mol. The van der Waals surface area contributed by atoms with Crippen molar-refractivity contribution in [3.8, 4) is 5.75 Å². The minimum Gasteiger partial charge on any atom is -0.497 e. The number of methoxy groups -OCH3 is 1. The molecule has 0 aromatic heterocycles. The fourth-order valence-electron chi connectivity index (χ4n) is 1.72. The normalized spacial score (nSPS) is 13.2. The monoisotopic (exact) mass is 259 g/mol. The van der Waals surface area contributed by atoms with E-state index in [0.29, 0.717) is 6.42 Å². The standard InChI is InChI=1S/C13H16F3NO/c1-8(2)6-12(17)10-5-4-9(18-3)7-11(10)13(14,15)16/h4-5,7,12H,1,6,17H2,2-3H3/t12-/m0/s1. The van der Waals surface area contributed by atoms with E-state index in [1.807, 2.05) is 0 Å². The predicted octanol–water partition coefficient (Wildman–Crippen LogP) is 3.68. The molecule has 100 valence electrons. The molecule has 1 rings (SSSR count). The number of hydrogen-bond acceptors (Lipinski definition) is 2. The smallest absolute Gasteiger partial charge is 0.416 e. The Bertz CT molecular complexity index is 440. The largest absolute Gasteiger partial charge is 0.497 e. The average Bonchev–Trinajstić information content (AvgIpc) is 2.26. The highest BCUT2D eigenvalue weighted by molar-refractivity contribution is 5.39. The summed E-state index contributed by atoms with van der Waals surface area (Å²) in [5, 5.41) is 0. The maximum atomic E-state index is 12.9. The van der Waals surface area contributed by atoms with Gasteiger partial charge in [-0.15, -0.1) is 6.58 Å². The van der Waals surface area contributed by atoms with E-state index in [9.17, 15) is 13.2 Å². The Kier molecular flexibility index (Phi) is 4.40. The van der Waals surface area contributed by atoms with Gasteiger partial charge in [0.2, 0.25) is 0 Å². The topological polar surface area (TPSA) is 35.2 Å². The number of nitrogens with two attached hydrogens (primary N) is 1. The zero-order valence-corrected chi connectivity index (χ0v) is 10.3. The van der Waals surface area contributed by atoms with Gasteiger partial charge in [0, 0.05) is 6.04 Å². The molecule has 0 amide bonds. The molecule has 1 aromatic carbocycles. The zero-order chi connectivity index (χ0) is 13.9. The third kappa shape index (κ3) is 3.50. The maximum Gasteiger partial charge on any atom is 0.416 e. The summed E-state index contributed by atoms with van der Waals surface area (Å²) in [5.74, 6) is 0.161. The summed E-state index contributed by atoms with van der Waals surface area (Å²) in [6.45, 7) is 5.39. The van der Waals surface area contributed by atoms with Crippen LogP contribution in [0.15, 0.2) is 30.4 Å². The summed E-state index contributed by atoms with van der Waals surface area (Å²) in [6, 6.07) is 3.08. The van der Waals surface area contributed by atoms with Crippen molar-refractivity contribution in [2.45, 2.75) is 25.6 Å². The molecule has 0 radical (unpaired) electrons. The first kappa shape index (κ1) is 14.6. The van der Waals surface area contributed by atoms with Crippen molar-refractivity contribution in [2.24, 2.45) is 5.73 Å². The summed E-state index contributed by atoms with van der Waals surface area (Å²) in [4.78, 5) is 0. The number of rotatable bonds is 4. The van der Waals surface area contributed by atoms with Crippen LogP contribution in [-0.2, 0) is 6.18 Å². The molecule has 2 N–H and O–H groups in total. The molecule has 1 atom stereocenters. The van der Waals surface area contributed by atoms with Crippen molar-refractivity contribution in [1.82, 2.24) is 0 Å². The van der Waals surface area contributed by atoms with Gasteiger partial charge < -0.3 is 10.5 Å². The molecule has 0 heterocycles. The number of benzene rings is 1. The van der Waals surface area contributed by atoms with Gasteiger partial charge in [0.1, 0.15) is 5.75 Å². The van der Waals surface area contributed by atoms with Crippen molar-refractivity contribution in [1.29, 1.82) is 0 Å². The maximum absolute atomic E-state index is 12.9. The fraction of sp³-hybridized carbons (Fsp3) is 0.385. The van der Waals surface area contributed by atoms with Crippen LogP contribution in [-0.4, -0.2) is 7.11 Å². The van der Waals surface area contributed by atoms with Crippen molar-refractivity contribution in [3.05, 3.63) is 41.5 Å². The number of halogens is 3. The van der Waals surface area contributed by atoms with Gasteiger partial charge in [-0.05, 0) is 31.0 Å². The predicted molar refractivity (Wildman–Crippen MR) is 64.4 cm³/mol. The summed E-state index contributed by atoms with van der Waals surface area (Å²) in [7, 11) is 1.32. The van der Waals surface area contributed by atoms with E-state index < -0.39 is 17.8 Å². The molecule has 0 aliphatic rings. The molecule has 0 spiro atoms. The van der Waals surface area contributed by atoms with Gasteiger partial charge >= 0.3 is 6.18 Å². The molecule has 5 heteroatoms. The van der Waals surface area contributed by atoms with Gasteiger partial charge in [0.25, 0.3) is 0 Å². The number of alkyl halides is 3. The van der Waals surface area contributed by atoms with Crippen LogP contribution in [0, 0.1) is 0 Å². The van der Waals surface area contributed by atoms with Gasteiger partial charge in [-0.1, -0.05) is 11.6 Å². The number of ether oxygens (including phenoxy) is 1. The molecule has 18 heavy (non-hydrogen) atoms. The highest BCUT2D eigenvalue weighted by Gasteiger charge is 2.35. The Hall–Kier alpha value is -1.49. The molecule has 0 bridgehead atoms. The lowest BCUT2D eigenvalue weighted by molar-refractivity contribution is -0.138. The molecule has 0 saturated carbocycles. The van der Waals surface area contributed by atoms with Gasteiger partial charge in [0.15, 0.2) is 0 Å². The molecule has 0 saturated heterocycles. The highest BCUT2D eigenvalue weighted by atomic mass is 19.4. The van der Waals surface area contributed by atoms with Crippen LogP contribution in [0.3, 0.4) is 0 Å². The van der Waals surface area contributed by atoms with Crippen LogP contribution >= 0.6 is 0 Å². The molecular formula is C13H16F3NO. The second-order valence-corrected chi connectivity index (χ2v) is 4.22. The Balaban J connectivity index is 3.22. The molecule has 0 aliphatic heterocycles.